The minimum absolute atomic E-state index is 0.146. The van der Waals surface area contributed by atoms with Gasteiger partial charge in [-0.25, -0.2) is 9.97 Å². The molecule has 1 saturated heterocycles. The van der Waals surface area contributed by atoms with E-state index in [1.165, 1.54) is 12.8 Å². The van der Waals surface area contributed by atoms with E-state index in [0.717, 1.165) is 43.5 Å². The first-order valence-electron chi connectivity index (χ1n) is 7.07. The molecule has 0 aromatic carbocycles. The van der Waals surface area contributed by atoms with E-state index in [4.69, 9.17) is 5.73 Å². The van der Waals surface area contributed by atoms with Gasteiger partial charge in [-0.15, -0.1) is 0 Å². The monoisotopic (exact) mass is 263 g/mol. The summed E-state index contributed by atoms with van der Waals surface area (Å²) < 4.78 is 0. The van der Waals surface area contributed by atoms with Crippen molar-refractivity contribution >= 4 is 11.6 Å². The van der Waals surface area contributed by atoms with Gasteiger partial charge in [0, 0.05) is 31.2 Å². The quantitative estimate of drug-likeness (QED) is 0.849. The number of aryl methyl sites for hydroxylation is 1. The molecule has 0 amide bonds. The molecule has 1 aromatic heterocycles. The molecule has 3 N–H and O–H groups in total. The van der Waals surface area contributed by atoms with Crippen LogP contribution in [0.2, 0.25) is 0 Å². The highest BCUT2D eigenvalue weighted by atomic mass is 15.2. The van der Waals surface area contributed by atoms with Crippen molar-refractivity contribution in [2.75, 3.05) is 29.9 Å². The lowest BCUT2D eigenvalue weighted by atomic mass is 10.0. The van der Waals surface area contributed by atoms with Gasteiger partial charge < -0.3 is 16.0 Å². The Balaban J connectivity index is 2.00. The van der Waals surface area contributed by atoms with Crippen LogP contribution < -0.4 is 16.0 Å². The predicted molar refractivity (Wildman–Crippen MR) is 79.6 cm³/mol. The fraction of sp³-hybridized carbons (Fsp3) is 0.714. The topological polar surface area (TPSA) is 67.1 Å². The first-order valence-corrected chi connectivity index (χ1v) is 7.07. The summed E-state index contributed by atoms with van der Waals surface area (Å²) in [5, 5.41) is 3.35. The maximum atomic E-state index is 5.98. The molecule has 5 nitrogen and oxygen atoms in total. The summed E-state index contributed by atoms with van der Waals surface area (Å²) in [7, 11) is 0. The molecule has 1 aliphatic rings. The zero-order chi connectivity index (χ0) is 13.9. The average Bonchev–Trinajstić information content (AvgIpc) is 2.79. The van der Waals surface area contributed by atoms with Gasteiger partial charge >= 0.3 is 0 Å². The van der Waals surface area contributed by atoms with Crippen LogP contribution in [0, 0.1) is 6.92 Å². The van der Waals surface area contributed by atoms with Crippen LogP contribution in [0.4, 0.5) is 11.6 Å². The smallest absolute Gasteiger partial charge is 0.134 e. The summed E-state index contributed by atoms with van der Waals surface area (Å²) in [6.07, 6.45) is 3.43. The van der Waals surface area contributed by atoms with Crippen LogP contribution in [-0.2, 0) is 0 Å². The Morgan fingerprint density at radius 1 is 1.32 bits per heavy atom. The number of hydrogen-bond acceptors (Lipinski definition) is 5. The summed E-state index contributed by atoms with van der Waals surface area (Å²) in [4.78, 5) is 11.3. The Kier molecular flexibility index (Phi) is 4.24. The minimum Gasteiger partial charge on any atom is -0.370 e. The molecule has 0 radical (unpaired) electrons. The zero-order valence-electron chi connectivity index (χ0n) is 12.2. The highest BCUT2D eigenvalue weighted by Gasteiger charge is 2.15. The number of nitrogens with zero attached hydrogens (tertiary/aromatic N) is 3. The summed E-state index contributed by atoms with van der Waals surface area (Å²) in [6, 6.07) is 2.04. The molecule has 0 atom stereocenters. The number of aromatic nitrogens is 2. The zero-order valence-corrected chi connectivity index (χ0v) is 12.2. The van der Waals surface area contributed by atoms with Gasteiger partial charge in [0.25, 0.3) is 0 Å². The molecule has 0 unspecified atom stereocenters. The van der Waals surface area contributed by atoms with E-state index in [9.17, 15) is 0 Å². The van der Waals surface area contributed by atoms with Crippen LogP contribution in [0.5, 0.6) is 0 Å². The van der Waals surface area contributed by atoms with E-state index >= 15 is 0 Å². The minimum atomic E-state index is -0.146. The van der Waals surface area contributed by atoms with E-state index in [1.54, 1.807) is 0 Å². The average molecular weight is 263 g/mol. The van der Waals surface area contributed by atoms with Gasteiger partial charge in [-0.1, -0.05) is 0 Å². The fourth-order valence-electron chi connectivity index (χ4n) is 2.26. The summed E-state index contributed by atoms with van der Waals surface area (Å²) in [5.41, 5.74) is 5.83. The molecule has 1 aromatic rings. The Morgan fingerprint density at radius 2 is 2.00 bits per heavy atom. The summed E-state index contributed by atoms with van der Waals surface area (Å²) in [5.74, 6) is 2.76. The van der Waals surface area contributed by atoms with E-state index in [1.807, 2.05) is 26.8 Å². The molecule has 0 spiro atoms. The Bertz CT molecular complexity index is 418. The van der Waals surface area contributed by atoms with Crippen molar-refractivity contribution in [3.63, 3.8) is 0 Å². The maximum Gasteiger partial charge on any atom is 0.134 e. The molecule has 0 bridgehead atoms. The highest BCUT2D eigenvalue weighted by Crippen LogP contribution is 2.20. The van der Waals surface area contributed by atoms with E-state index in [2.05, 4.69) is 20.2 Å². The van der Waals surface area contributed by atoms with Crippen molar-refractivity contribution in [2.24, 2.45) is 5.73 Å². The van der Waals surface area contributed by atoms with E-state index in [-0.39, 0.29) is 5.54 Å². The lowest BCUT2D eigenvalue weighted by Crippen LogP contribution is -2.34. The molecule has 0 aliphatic carbocycles. The van der Waals surface area contributed by atoms with Crippen LogP contribution in [0.3, 0.4) is 0 Å². The van der Waals surface area contributed by atoms with Gasteiger partial charge in [-0.05, 0) is 40.0 Å². The fourth-order valence-corrected chi connectivity index (χ4v) is 2.26. The molecule has 5 heteroatoms. The second kappa shape index (κ2) is 5.74. The molecule has 1 aliphatic heterocycles. The number of nitrogens with two attached hydrogens (primary N) is 1. The van der Waals surface area contributed by atoms with Crippen molar-refractivity contribution in [1.29, 1.82) is 0 Å². The van der Waals surface area contributed by atoms with Crippen molar-refractivity contribution in [2.45, 2.75) is 45.6 Å². The normalized spacial score (nSPS) is 15.9. The number of hydrogen-bond donors (Lipinski definition) is 2. The third-order valence-corrected chi connectivity index (χ3v) is 3.33. The number of nitrogens with one attached hydrogen (secondary N) is 1. The van der Waals surface area contributed by atoms with Crippen molar-refractivity contribution in [3.05, 3.63) is 11.9 Å². The van der Waals surface area contributed by atoms with Crippen molar-refractivity contribution < 1.29 is 0 Å². The summed E-state index contributed by atoms with van der Waals surface area (Å²) in [6.45, 7) is 9.06. The lowest BCUT2D eigenvalue weighted by Gasteiger charge is -2.20. The van der Waals surface area contributed by atoms with Gasteiger partial charge in [0.05, 0.1) is 0 Å². The largest absolute Gasteiger partial charge is 0.370 e. The van der Waals surface area contributed by atoms with Gasteiger partial charge in [0.1, 0.15) is 17.5 Å². The lowest BCUT2D eigenvalue weighted by molar-refractivity contribution is 0.490. The van der Waals surface area contributed by atoms with Crippen molar-refractivity contribution in [3.8, 4) is 0 Å². The second-order valence-corrected chi connectivity index (χ2v) is 6.02. The van der Waals surface area contributed by atoms with Gasteiger partial charge in [0.2, 0.25) is 0 Å². The molecular formula is C14H25N5. The van der Waals surface area contributed by atoms with Gasteiger partial charge in [-0.3, -0.25) is 0 Å². The number of anilines is 2. The molecule has 2 rings (SSSR count). The summed E-state index contributed by atoms with van der Waals surface area (Å²) >= 11 is 0. The second-order valence-electron chi connectivity index (χ2n) is 6.02. The SMILES string of the molecule is Cc1nc(NCCC(C)(C)N)cc(N2CCCC2)n1. The van der Waals surface area contributed by atoms with Crippen LogP contribution in [0.25, 0.3) is 0 Å². The third kappa shape index (κ3) is 4.35. The van der Waals surface area contributed by atoms with Crippen LogP contribution >= 0.6 is 0 Å². The van der Waals surface area contributed by atoms with E-state index < -0.39 is 0 Å². The van der Waals surface area contributed by atoms with Crippen molar-refractivity contribution in [1.82, 2.24) is 9.97 Å². The van der Waals surface area contributed by atoms with Crippen LogP contribution in [0.15, 0.2) is 6.07 Å². The standard InChI is InChI=1S/C14H25N5/c1-11-17-12(16-7-6-14(2,3)15)10-13(18-11)19-8-4-5-9-19/h10H,4-9,15H2,1-3H3,(H,16,17,18). The Morgan fingerprint density at radius 3 is 2.63 bits per heavy atom. The predicted octanol–water partition coefficient (Wildman–Crippen LogP) is 1.92. The molecule has 106 valence electrons. The first-order chi connectivity index (χ1) is 8.94. The molecule has 1 fully saturated rings. The Labute approximate surface area is 115 Å². The van der Waals surface area contributed by atoms with E-state index in [0.29, 0.717) is 0 Å². The molecule has 0 saturated carbocycles. The Hall–Kier alpha value is -1.36. The van der Waals surface area contributed by atoms with Crippen LogP contribution in [-0.4, -0.2) is 35.1 Å². The van der Waals surface area contributed by atoms with Gasteiger partial charge in [-0.2, -0.15) is 0 Å². The molecular weight excluding hydrogens is 238 g/mol. The first kappa shape index (κ1) is 14.1. The van der Waals surface area contributed by atoms with Gasteiger partial charge in [0.15, 0.2) is 0 Å². The third-order valence-electron chi connectivity index (χ3n) is 3.33. The highest BCUT2D eigenvalue weighted by molar-refractivity contribution is 5.49. The molecule has 19 heavy (non-hydrogen) atoms. The number of rotatable bonds is 5. The van der Waals surface area contributed by atoms with Crippen LogP contribution in [0.1, 0.15) is 38.9 Å². The molecule has 2 heterocycles. The maximum absolute atomic E-state index is 5.98.